The molecule has 0 N–H and O–H groups in total. The first-order valence-corrected chi connectivity index (χ1v) is 7.39. The van der Waals surface area contributed by atoms with Gasteiger partial charge in [-0.2, -0.15) is 0 Å². The number of ether oxygens (including phenoxy) is 1. The summed E-state index contributed by atoms with van der Waals surface area (Å²) >= 11 is 2.25. The average Bonchev–Trinajstić information content (AvgIpc) is 2.38. The third-order valence-corrected chi connectivity index (χ3v) is 3.66. The molecule has 0 bridgehead atoms. The monoisotopic (exact) mass is 346 g/mol. The lowest BCUT2D eigenvalue weighted by Gasteiger charge is -2.26. The smallest absolute Gasteiger partial charge is 0.213 e. The number of aromatic nitrogens is 1. The molecule has 1 saturated heterocycles. The van der Waals surface area contributed by atoms with E-state index < -0.39 is 0 Å². The van der Waals surface area contributed by atoms with Gasteiger partial charge in [-0.3, -0.25) is 0 Å². The Hall–Kier alpha value is -0.360. The van der Waals surface area contributed by atoms with Gasteiger partial charge >= 0.3 is 0 Å². The summed E-state index contributed by atoms with van der Waals surface area (Å²) in [7, 11) is 0. The minimum atomic E-state index is 0.740. The molecule has 0 amide bonds. The number of hydrogen-bond donors (Lipinski definition) is 0. The maximum Gasteiger partial charge on any atom is 0.213 e. The minimum Gasteiger partial charge on any atom is -0.478 e. The van der Waals surface area contributed by atoms with Crippen molar-refractivity contribution in [3.63, 3.8) is 0 Å². The van der Waals surface area contributed by atoms with E-state index in [1.165, 1.54) is 32.4 Å². The molecule has 94 valence electrons. The van der Waals surface area contributed by atoms with Gasteiger partial charge < -0.3 is 9.64 Å². The van der Waals surface area contributed by atoms with Gasteiger partial charge in [0.15, 0.2) is 0 Å². The Balaban J connectivity index is 1.60. The van der Waals surface area contributed by atoms with Crippen LogP contribution in [0.25, 0.3) is 0 Å². The molecule has 1 aromatic heterocycles. The first-order valence-electron chi connectivity index (χ1n) is 6.31. The first kappa shape index (κ1) is 13.1. The normalized spacial score (nSPS) is 17.0. The van der Waals surface area contributed by atoms with Crippen LogP contribution >= 0.6 is 22.6 Å². The van der Waals surface area contributed by atoms with Crippen molar-refractivity contribution in [3.05, 3.63) is 21.9 Å². The molecule has 0 unspecified atom stereocenters. The van der Waals surface area contributed by atoms with Crippen LogP contribution in [0.3, 0.4) is 0 Å². The number of pyridine rings is 1. The van der Waals surface area contributed by atoms with Crippen LogP contribution in [0.15, 0.2) is 18.3 Å². The molecule has 0 aromatic carbocycles. The average molecular weight is 346 g/mol. The van der Waals surface area contributed by atoms with Crippen LogP contribution in [0.1, 0.15) is 25.7 Å². The lowest BCUT2D eigenvalue weighted by molar-refractivity contribution is 0.203. The van der Waals surface area contributed by atoms with E-state index in [0.717, 1.165) is 29.0 Å². The highest BCUT2D eigenvalue weighted by atomic mass is 127. The van der Waals surface area contributed by atoms with Gasteiger partial charge in [0.2, 0.25) is 5.88 Å². The largest absolute Gasteiger partial charge is 0.478 e. The fourth-order valence-corrected chi connectivity index (χ4v) is 2.41. The number of nitrogens with zero attached hydrogens (tertiary/aromatic N) is 2. The highest BCUT2D eigenvalue weighted by Crippen LogP contribution is 2.11. The molecule has 1 aromatic rings. The number of rotatable bonds is 5. The van der Waals surface area contributed by atoms with E-state index in [0.29, 0.717) is 0 Å². The topological polar surface area (TPSA) is 25.4 Å². The molecule has 4 heteroatoms. The van der Waals surface area contributed by atoms with Crippen molar-refractivity contribution < 1.29 is 4.74 Å². The van der Waals surface area contributed by atoms with Gasteiger partial charge in [-0.05, 0) is 61.0 Å². The van der Waals surface area contributed by atoms with Crippen molar-refractivity contribution in [3.8, 4) is 5.88 Å². The molecular weight excluding hydrogens is 327 g/mol. The zero-order valence-electron chi connectivity index (χ0n) is 10.1. The van der Waals surface area contributed by atoms with Crippen molar-refractivity contribution in [1.29, 1.82) is 0 Å². The molecule has 2 rings (SSSR count). The zero-order chi connectivity index (χ0) is 11.9. The Kier molecular flexibility index (Phi) is 5.51. The number of halogens is 1. The van der Waals surface area contributed by atoms with Gasteiger partial charge in [-0.15, -0.1) is 0 Å². The second-order valence-electron chi connectivity index (χ2n) is 4.42. The fraction of sp³-hybridized carbons (Fsp3) is 0.615. The van der Waals surface area contributed by atoms with Gasteiger partial charge in [0, 0.05) is 22.4 Å². The molecule has 1 aliphatic heterocycles. The van der Waals surface area contributed by atoms with Crippen molar-refractivity contribution in [1.82, 2.24) is 9.88 Å². The molecule has 1 aliphatic rings. The van der Waals surface area contributed by atoms with Crippen LogP contribution < -0.4 is 4.74 Å². The Morgan fingerprint density at radius 2 is 2.06 bits per heavy atom. The molecule has 0 saturated carbocycles. The third kappa shape index (κ3) is 4.79. The second-order valence-corrected chi connectivity index (χ2v) is 5.66. The van der Waals surface area contributed by atoms with Crippen LogP contribution in [0.2, 0.25) is 0 Å². The maximum absolute atomic E-state index is 5.61. The van der Waals surface area contributed by atoms with Crippen molar-refractivity contribution in [2.75, 3.05) is 26.2 Å². The summed E-state index contributed by atoms with van der Waals surface area (Å²) in [6.45, 7) is 4.46. The molecule has 2 heterocycles. The van der Waals surface area contributed by atoms with Crippen molar-refractivity contribution >= 4 is 22.6 Å². The standard InChI is InChI=1S/C13H19IN2O/c14-12-5-6-13(15-11-12)17-10-4-9-16-7-2-1-3-8-16/h5-6,11H,1-4,7-10H2. The number of piperidine rings is 1. The number of hydrogen-bond acceptors (Lipinski definition) is 3. The van der Waals surface area contributed by atoms with E-state index in [1.54, 1.807) is 0 Å². The van der Waals surface area contributed by atoms with Crippen LogP contribution in [-0.4, -0.2) is 36.1 Å². The fourth-order valence-electron chi connectivity index (χ4n) is 2.10. The van der Waals surface area contributed by atoms with Crippen LogP contribution in [0.5, 0.6) is 5.88 Å². The summed E-state index contributed by atoms with van der Waals surface area (Å²) in [5.74, 6) is 0.740. The van der Waals surface area contributed by atoms with Crippen LogP contribution in [-0.2, 0) is 0 Å². The summed E-state index contributed by atoms with van der Waals surface area (Å²) in [5, 5.41) is 0. The summed E-state index contributed by atoms with van der Waals surface area (Å²) < 4.78 is 6.75. The Morgan fingerprint density at radius 1 is 1.24 bits per heavy atom. The zero-order valence-corrected chi connectivity index (χ0v) is 12.2. The van der Waals surface area contributed by atoms with Gasteiger partial charge in [0.1, 0.15) is 0 Å². The van der Waals surface area contributed by atoms with Crippen LogP contribution in [0, 0.1) is 3.57 Å². The predicted octanol–water partition coefficient (Wildman–Crippen LogP) is 2.94. The van der Waals surface area contributed by atoms with E-state index in [4.69, 9.17) is 4.74 Å². The molecule has 0 spiro atoms. The van der Waals surface area contributed by atoms with E-state index in [2.05, 4.69) is 32.5 Å². The summed E-state index contributed by atoms with van der Waals surface area (Å²) in [6, 6.07) is 3.95. The lowest BCUT2D eigenvalue weighted by Crippen LogP contribution is -2.31. The third-order valence-electron chi connectivity index (χ3n) is 3.02. The SMILES string of the molecule is Ic1ccc(OCCCN2CCCCC2)nc1. The molecular formula is C13H19IN2O. The van der Waals surface area contributed by atoms with E-state index >= 15 is 0 Å². The minimum absolute atomic E-state index is 0.740. The molecule has 1 fully saturated rings. The highest BCUT2D eigenvalue weighted by molar-refractivity contribution is 14.1. The second kappa shape index (κ2) is 7.16. The van der Waals surface area contributed by atoms with E-state index in [1.807, 2.05) is 18.3 Å². The lowest BCUT2D eigenvalue weighted by atomic mass is 10.1. The maximum atomic E-state index is 5.61. The number of likely N-dealkylation sites (tertiary alicyclic amines) is 1. The van der Waals surface area contributed by atoms with Gasteiger partial charge in [0.05, 0.1) is 6.61 Å². The Bertz CT molecular complexity index is 323. The quantitative estimate of drug-likeness (QED) is 0.606. The van der Waals surface area contributed by atoms with E-state index in [-0.39, 0.29) is 0 Å². The van der Waals surface area contributed by atoms with E-state index in [9.17, 15) is 0 Å². The van der Waals surface area contributed by atoms with Gasteiger partial charge in [-0.1, -0.05) is 6.42 Å². The summed E-state index contributed by atoms with van der Waals surface area (Å²) in [5.41, 5.74) is 0. The summed E-state index contributed by atoms with van der Waals surface area (Å²) in [6.07, 6.45) is 7.05. The Labute approximate surface area is 117 Å². The Morgan fingerprint density at radius 3 is 2.76 bits per heavy atom. The molecule has 3 nitrogen and oxygen atoms in total. The van der Waals surface area contributed by atoms with Crippen LogP contribution in [0.4, 0.5) is 0 Å². The molecule has 17 heavy (non-hydrogen) atoms. The van der Waals surface area contributed by atoms with Crippen molar-refractivity contribution in [2.45, 2.75) is 25.7 Å². The first-order chi connectivity index (χ1) is 8.34. The molecule has 0 atom stereocenters. The predicted molar refractivity (Wildman–Crippen MR) is 77.4 cm³/mol. The molecule has 0 aliphatic carbocycles. The van der Waals surface area contributed by atoms with Gasteiger partial charge in [-0.25, -0.2) is 4.98 Å². The highest BCUT2D eigenvalue weighted by Gasteiger charge is 2.08. The van der Waals surface area contributed by atoms with Crippen molar-refractivity contribution in [2.24, 2.45) is 0 Å². The summed E-state index contributed by atoms with van der Waals surface area (Å²) in [4.78, 5) is 6.76. The molecule has 0 radical (unpaired) electrons. The van der Waals surface area contributed by atoms with Gasteiger partial charge in [0.25, 0.3) is 0 Å².